The van der Waals surface area contributed by atoms with Crippen molar-refractivity contribution < 1.29 is 17.6 Å². The van der Waals surface area contributed by atoms with Gasteiger partial charge >= 0.3 is 0 Å². The SMILES string of the molecule is O=C(Nc1ccc(S(=O)(=O)N2CCCC2)cc1)c1cc(F)c(Cl)cc1Cl. The zero-order chi connectivity index (χ0) is 18.9. The number of halogens is 3. The van der Waals surface area contributed by atoms with E-state index in [-0.39, 0.29) is 20.5 Å². The number of hydrogen-bond acceptors (Lipinski definition) is 3. The van der Waals surface area contributed by atoms with Crippen molar-refractivity contribution in [2.24, 2.45) is 0 Å². The summed E-state index contributed by atoms with van der Waals surface area (Å²) < 4.78 is 39.9. The molecule has 0 radical (unpaired) electrons. The maximum absolute atomic E-state index is 13.5. The minimum Gasteiger partial charge on any atom is -0.322 e. The lowest BCUT2D eigenvalue weighted by Gasteiger charge is -2.15. The zero-order valence-electron chi connectivity index (χ0n) is 13.5. The number of amides is 1. The molecule has 0 saturated carbocycles. The molecule has 0 spiro atoms. The number of anilines is 1. The first-order chi connectivity index (χ1) is 12.3. The largest absolute Gasteiger partial charge is 0.322 e. The Morgan fingerprint density at radius 2 is 1.65 bits per heavy atom. The number of rotatable bonds is 4. The van der Waals surface area contributed by atoms with Gasteiger partial charge in [0.1, 0.15) is 5.82 Å². The molecule has 5 nitrogen and oxygen atoms in total. The highest BCUT2D eigenvalue weighted by molar-refractivity contribution is 7.89. The van der Waals surface area contributed by atoms with Crippen molar-refractivity contribution >= 4 is 44.8 Å². The van der Waals surface area contributed by atoms with Gasteiger partial charge in [0.2, 0.25) is 10.0 Å². The molecule has 138 valence electrons. The standard InChI is InChI=1S/C17H15Cl2FN2O3S/c18-14-10-15(19)16(20)9-13(14)17(23)21-11-3-5-12(6-4-11)26(24,25)22-7-1-2-8-22/h3-6,9-10H,1-2,7-8H2,(H,21,23). The Morgan fingerprint density at radius 3 is 2.27 bits per heavy atom. The van der Waals surface area contributed by atoms with Gasteiger partial charge in [0.25, 0.3) is 5.91 Å². The molecule has 0 unspecified atom stereocenters. The second-order valence-electron chi connectivity index (χ2n) is 5.84. The number of carbonyl (C=O) groups excluding carboxylic acids is 1. The van der Waals surface area contributed by atoms with Crippen LogP contribution in [-0.4, -0.2) is 31.7 Å². The molecule has 1 fully saturated rings. The molecular formula is C17H15Cl2FN2O3S. The Bertz CT molecular complexity index is 943. The van der Waals surface area contributed by atoms with Crippen LogP contribution >= 0.6 is 23.2 Å². The third-order valence-corrected chi connectivity index (χ3v) is 6.58. The summed E-state index contributed by atoms with van der Waals surface area (Å²) in [7, 11) is -3.52. The number of carbonyl (C=O) groups is 1. The zero-order valence-corrected chi connectivity index (χ0v) is 15.8. The second kappa shape index (κ2) is 7.52. The third kappa shape index (κ3) is 3.86. The predicted octanol–water partition coefficient (Wildman–Crippen LogP) is 4.17. The van der Waals surface area contributed by atoms with E-state index in [1.54, 1.807) is 0 Å². The molecule has 2 aromatic rings. The van der Waals surface area contributed by atoms with Gasteiger partial charge < -0.3 is 5.32 Å². The van der Waals surface area contributed by atoms with Crippen LogP contribution in [-0.2, 0) is 10.0 Å². The minimum absolute atomic E-state index is 0.0159. The van der Waals surface area contributed by atoms with Crippen molar-refractivity contribution in [3.63, 3.8) is 0 Å². The lowest BCUT2D eigenvalue weighted by Crippen LogP contribution is -2.27. The second-order valence-corrected chi connectivity index (χ2v) is 8.59. The van der Waals surface area contributed by atoms with Gasteiger partial charge in [0, 0.05) is 18.8 Å². The van der Waals surface area contributed by atoms with E-state index >= 15 is 0 Å². The lowest BCUT2D eigenvalue weighted by molar-refractivity contribution is 0.102. The Hall–Kier alpha value is -1.67. The molecule has 1 amide bonds. The van der Waals surface area contributed by atoms with Gasteiger partial charge in [0.05, 0.1) is 20.5 Å². The summed E-state index contributed by atoms with van der Waals surface area (Å²) >= 11 is 11.5. The number of nitrogens with one attached hydrogen (secondary N) is 1. The summed E-state index contributed by atoms with van der Waals surface area (Å²) in [6.45, 7) is 1.03. The van der Waals surface area contributed by atoms with E-state index in [1.807, 2.05) is 0 Å². The maximum atomic E-state index is 13.5. The molecule has 0 aliphatic carbocycles. The molecule has 3 rings (SSSR count). The van der Waals surface area contributed by atoms with E-state index in [9.17, 15) is 17.6 Å². The van der Waals surface area contributed by atoms with Crippen LogP contribution in [0.1, 0.15) is 23.2 Å². The van der Waals surface area contributed by atoms with Crippen LogP contribution in [0.25, 0.3) is 0 Å². The molecule has 1 heterocycles. The van der Waals surface area contributed by atoms with E-state index < -0.39 is 21.7 Å². The Balaban J connectivity index is 1.77. The molecular weight excluding hydrogens is 402 g/mol. The third-order valence-electron chi connectivity index (χ3n) is 4.07. The lowest BCUT2D eigenvalue weighted by atomic mass is 10.2. The van der Waals surface area contributed by atoms with Crippen LogP contribution in [0.3, 0.4) is 0 Å². The van der Waals surface area contributed by atoms with Crippen molar-refractivity contribution in [3.8, 4) is 0 Å². The first kappa shape index (κ1) is 19.1. The predicted molar refractivity (Wildman–Crippen MR) is 98.8 cm³/mol. The van der Waals surface area contributed by atoms with Crippen LogP contribution in [0.2, 0.25) is 10.0 Å². The Labute approximate surface area is 160 Å². The van der Waals surface area contributed by atoms with E-state index in [1.165, 1.54) is 28.6 Å². The highest BCUT2D eigenvalue weighted by Crippen LogP contribution is 2.26. The highest BCUT2D eigenvalue weighted by Gasteiger charge is 2.27. The maximum Gasteiger partial charge on any atom is 0.257 e. The molecule has 0 aromatic heterocycles. The Kier molecular flexibility index (Phi) is 5.53. The summed E-state index contributed by atoms with van der Waals surface area (Å²) in [4.78, 5) is 12.4. The highest BCUT2D eigenvalue weighted by atomic mass is 35.5. The van der Waals surface area contributed by atoms with E-state index in [0.29, 0.717) is 18.8 Å². The molecule has 9 heteroatoms. The van der Waals surface area contributed by atoms with E-state index in [0.717, 1.165) is 25.0 Å². The fourth-order valence-electron chi connectivity index (χ4n) is 2.68. The van der Waals surface area contributed by atoms with Gasteiger partial charge in [-0.1, -0.05) is 23.2 Å². The van der Waals surface area contributed by atoms with Gasteiger partial charge in [-0.25, -0.2) is 12.8 Å². The average molecular weight is 417 g/mol. The molecule has 1 aliphatic rings. The molecule has 0 atom stereocenters. The van der Waals surface area contributed by atoms with Crippen molar-refractivity contribution in [1.82, 2.24) is 4.31 Å². The molecule has 26 heavy (non-hydrogen) atoms. The van der Waals surface area contributed by atoms with Crippen LogP contribution in [0.5, 0.6) is 0 Å². The van der Waals surface area contributed by atoms with Gasteiger partial charge in [-0.15, -0.1) is 0 Å². The van der Waals surface area contributed by atoms with Gasteiger partial charge in [-0.05, 0) is 49.2 Å². The summed E-state index contributed by atoms with van der Waals surface area (Å²) in [5.41, 5.74) is 0.295. The first-order valence-electron chi connectivity index (χ1n) is 7.85. The minimum atomic E-state index is -3.52. The van der Waals surface area contributed by atoms with Gasteiger partial charge in [-0.2, -0.15) is 4.31 Å². The molecule has 0 bridgehead atoms. The van der Waals surface area contributed by atoms with Crippen LogP contribution in [0, 0.1) is 5.82 Å². The molecule has 1 saturated heterocycles. The number of nitrogens with zero attached hydrogens (tertiary/aromatic N) is 1. The van der Waals surface area contributed by atoms with Crippen molar-refractivity contribution in [1.29, 1.82) is 0 Å². The van der Waals surface area contributed by atoms with Crippen molar-refractivity contribution in [2.75, 3.05) is 18.4 Å². The van der Waals surface area contributed by atoms with Crippen LogP contribution in [0.4, 0.5) is 10.1 Å². The topological polar surface area (TPSA) is 66.5 Å². The molecule has 2 aromatic carbocycles. The number of hydrogen-bond donors (Lipinski definition) is 1. The molecule has 1 N–H and O–H groups in total. The van der Waals surface area contributed by atoms with Crippen molar-refractivity contribution in [3.05, 3.63) is 57.8 Å². The van der Waals surface area contributed by atoms with Crippen LogP contribution in [0.15, 0.2) is 41.3 Å². The first-order valence-corrected chi connectivity index (χ1v) is 10.0. The normalized spacial score (nSPS) is 15.2. The summed E-state index contributed by atoms with van der Waals surface area (Å²) in [5, 5.41) is 2.39. The quantitative estimate of drug-likeness (QED) is 0.760. The Morgan fingerprint density at radius 1 is 1.04 bits per heavy atom. The summed E-state index contributed by atoms with van der Waals surface area (Å²) in [6, 6.07) is 7.90. The fourth-order valence-corrected chi connectivity index (χ4v) is 4.67. The fraction of sp³-hybridized carbons (Fsp3) is 0.235. The average Bonchev–Trinajstić information content (AvgIpc) is 3.14. The van der Waals surface area contributed by atoms with Gasteiger partial charge in [-0.3, -0.25) is 4.79 Å². The number of sulfonamides is 1. The molecule has 1 aliphatic heterocycles. The van der Waals surface area contributed by atoms with E-state index in [4.69, 9.17) is 23.2 Å². The smallest absolute Gasteiger partial charge is 0.257 e. The summed E-state index contributed by atoms with van der Waals surface area (Å²) in [5.74, 6) is -1.38. The van der Waals surface area contributed by atoms with E-state index in [2.05, 4.69) is 5.32 Å². The van der Waals surface area contributed by atoms with Crippen molar-refractivity contribution in [2.45, 2.75) is 17.7 Å². The van der Waals surface area contributed by atoms with Gasteiger partial charge in [0.15, 0.2) is 0 Å². The van der Waals surface area contributed by atoms with Crippen LogP contribution < -0.4 is 5.32 Å². The number of benzene rings is 2. The summed E-state index contributed by atoms with van der Waals surface area (Å²) in [6.07, 6.45) is 1.71. The monoisotopic (exact) mass is 416 g/mol.